The topological polar surface area (TPSA) is 18.5 Å². The van der Waals surface area contributed by atoms with E-state index in [1.165, 1.54) is 0 Å². The molecule has 0 bridgehead atoms. The average Bonchev–Trinajstić information content (AvgIpc) is 1.98. The minimum atomic E-state index is -0.0830. The van der Waals surface area contributed by atoms with Crippen molar-refractivity contribution in [3.8, 4) is 0 Å². The van der Waals surface area contributed by atoms with Crippen LogP contribution < -0.4 is 0 Å². The molecule has 0 unspecified atom stereocenters. The Kier molecular flexibility index (Phi) is 6.14. The highest BCUT2D eigenvalue weighted by atomic mass is 79.9. The fourth-order valence-electron chi connectivity index (χ4n) is 0.640. The molecule has 0 atom stereocenters. The van der Waals surface area contributed by atoms with E-state index in [0.717, 1.165) is 5.33 Å². The van der Waals surface area contributed by atoms with E-state index in [2.05, 4.69) is 29.8 Å². The van der Waals surface area contributed by atoms with E-state index in [1.54, 1.807) is 0 Å². The van der Waals surface area contributed by atoms with Crippen molar-refractivity contribution in [2.75, 3.05) is 18.5 Å². The second kappa shape index (κ2) is 5.95. The molecule has 0 aliphatic carbocycles. The van der Waals surface area contributed by atoms with Crippen molar-refractivity contribution in [3.63, 3.8) is 0 Å². The number of ether oxygens (including phenoxy) is 2. The summed E-state index contributed by atoms with van der Waals surface area (Å²) < 4.78 is 10.9. The molecule has 3 heteroatoms. The molecule has 0 aromatic rings. The number of alkyl halides is 1. The first kappa shape index (κ1) is 12.4. The molecular weight excluding hydrogens is 220 g/mol. The largest absolute Gasteiger partial charge is 0.376 e. The standard InChI is InChI=1S/C9H19BrO2/c1-8(2)11-5-6-12-9(3,4)7-10/h8H,5-7H2,1-4H3. The highest BCUT2D eigenvalue weighted by Crippen LogP contribution is 2.11. The van der Waals surface area contributed by atoms with Crippen LogP contribution in [0, 0.1) is 0 Å². The maximum atomic E-state index is 5.56. The maximum absolute atomic E-state index is 5.56. The molecular formula is C9H19BrO2. The van der Waals surface area contributed by atoms with Crippen molar-refractivity contribution >= 4 is 15.9 Å². The molecule has 0 heterocycles. The molecule has 0 radical (unpaired) electrons. The summed E-state index contributed by atoms with van der Waals surface area (Å²) in [6, 6.07) is 0. The molecule has 0 saturated heterocycles. The Morgan fingerprint density at radius 2 is 1.83 bits per heavy atom. The molecule has 0 aliphatic heterocycles. The predicted octanol–water partition coefficient (Wildman–Crippen LogP) is 2.60. The van der Waals surface area contributed by atoms with E-state index < -0.39 is 0 Å². The van der Waals surface area contributed by atoms with Gasteiger partial charge < -0.3 is 9.47 Å². The van der Waals surface area contributed by atoms with Gasteiger partial charge in [0.15, 0.2) is 0 Å². The quantitative estimate of drug-likeness (QED) is 0.524. The summed E-state index contributed by atoms with van der Waals surface area (Å²) in [5.41, 5.74) is -0.0830. The van der Waals surface area contributed by atoms with Crippen LogP contribution in [-0.2, 0) is 9.47 Å². The highest BCUT2D eigenvalue weighted by molar-refractivity contribution is 9.09. The van der Waals surface area contributed by atoms with E-state index in [9.17, 15) is 0 Å². The van der Waals surface area contributed by atoms with E-state index in [0.29, 0.717) is 19.3 Å². The van der Waals surface area contributed by atoms with Gasteiger partial charge in [0, 0.05) is 5.33 Å². The second-order valence-corrected chi connectivity index (χ2v) is 4.22. The molecule has 0 rings (SSSR count). The smallest absolute Gasteiger partial charge is 0.0724 e. The van der Waals surface area contributed by atoms with Gasteiger partial charge >= 0.3 is 0 Å². The van der Waals surface area contributed by atoms with Gasteiger partial charge in [-0.2, -0.15) is 0 Å². The summed E-state index contributed by atoms with van der Waals surface area (Å²) in [6.45, 7) is 9.49. The van der Waals surface area contributed by atoms with Gasteiger partial charge in [-0.25, -0.2) is 0 Å². The Bertz CT molecular complexity index is 113. The summed E-state index contributed by atoms with van der Waals surface area (Å²) in [6.07, 6.45) is 0.292. The van der Waals surface area contributed by atoms with Gasteiger partial charge in [0.1, 0.15) is 0 Å². The molecule has 0 N–H and O–H groups in total. The lowest BCUT2D eigenvalue weighted by Crippen LogP contribution is -2.28. The molecule has 0 aromatic carbocycles. The Morgan fingerprint density at radius 1 is 1.25 bits per heavy atom. The Balaban J connectivity index is 3.31. The third-order valence-electron chi connectivity index (χ3n) is 1.35. The normalized spacial score (nSPS) is 12.5. The summed E-state index contributed by atoms with van der Waals surface area (Å²) in [5, 5.41) is 0.849. The molecule has 74 valence electrons. The zero-order chi connectivity index (χ0) is 9.61. The van der Waals surface area contributed by atoms with E-state index in [-0.39, 0.29) is 5.60 Å². The molecule has 0 saturated carbocycles. The Hall–Kier alpha value is 0.400. The molecule has 2 nitrogen and oxygen atoms in total. The van der Waals surface area contributed by atoms with Crippen molar-refractivity contribution < 1.29 is 9.47 Å². The van der Waals surface area contributed by atoms with Crippen LogP contribution in [-0.4, -0.2) is 30.2 Å². The zero-order valence-corrected chi connectivity index (χ0v) is 9.98. The second-order valence-electron chi connectivity index (χ2n) is 3.66. The number of halogens is 1. The van der Waals surface area contributed by atoms with Gasteiger partial charge in [-0.05, 0) is 27.7 Å². The summed E-state index contributed by atoms with van der Waals surface area (Å²) in [7, 11) is 0. The van der Waals surface area contributed by atoms with Gasteiger partial charge in [0.2, 0.25) is 0 Å². The summed E-state index contributed by atoms with van der Waals surface area (Å²) >= 11 is 3.39. The molecule has 0 spiro atoms. The van der Waals surface area contributed by atoms with Crippen LogP contribution in [0.5, 0.6) is 0 Å². The van der Waals surface area contributed by atoms with Crippen molar-refractivity contribution in [3.05, 3.63) is 0 Å². The fourth-order valence-corrected chi connectivity index (χ4v) is 0.802. The third-order valence-corrected chi connectivity index (χ3v) is 2.70. The monoisotopic (exact) mass is 238 g/mol. The lowest BCUT2D eigenvalue weighted by atomic mass is 10.2. The first-order valence-electron chi connectivity index (χ1n) is 4.29. The number of rotatable bonds is 6. The van der Waals surface area contributed by atoms with Crippen LogP contribution in [0.2, 0.25) is 0 Å². The zero-order valence-electron chi connectivity index (χ0n) is 8.39. The van der Waals surface area contributed by atoms with Crippen LogP contribution in [0.15, 0.2) is 0 Å². The van der Waals surface area contributed by atoms with E-state index in [1.807, 2.05) is 13.8 Å². The molecule has 0 aromatic heterocycles. The van der Waals surface area contributed by atoms with Crippen LogP contribution >= 0.6 is 15.9 Å². The predicted molar refractivity (Wildman–Crippen MR) is 54.9 cm³/mol. The maximum Gasteiger partial charge on any atom is 0.0724 e. The van der Waals surface area contributed by atoms with Gasteiger partial charge in [-0.3, -0.25) is 0 Å². The van der Waals surface area contributed by atoms with Gasteiger partial charge in [0.25, 0.3) is 0 Å². The van der Waals surface area contributed by atoms with Crippen molar-refractivity contribution in [2.45, 2.75) is 39.4 Å². The number of hydrogen-bond donors (Lipinski definition) is 0. The molecule has 0 fully saturated rings. The Morgan fingerprint density at radius 3 is 2.25 bits per heavy atom. The van der Waals surface area contributed by atoms with Crippen molar-refractivity contribution in [1.29, 1.82) is 0 Å². The van der Waals surface area contributed by atoms with Crippen LogP contribution in [0.1, 0.15) is 27.7 Å². The van der Waals surface area contributed by atoms with E-state index >= 15 is 0 Å². The van der Waals surface area contributed by atoms with Gasteiger partial charge in [-0.15, -0.1) is 0 Å². The molecule has 0 amide bonds. The molecule has 12 heavy (non-hydrogen) atoms. The fraction of sp³-hybridized carbons (Fsp3) is 1.00. The first-order valence-corrected chi connectivity index (χ1v) is 5.41. The average molecular weight is 239 g/mol. The SMILES string of the molecule is CC(C)OCCOC(C)(C)CBr. The van der Waals surface area contributed by atoms with Crippen LogP contribution in [0.4, 0.5) is 0 Å². The Labute approximate surface area is 83.8 Å². The lowest BCUT2D eigenvalue weighted by molar-refractivity contribution is -0.0425. The highest BCUT2D eigenvalue weighted by Gasteiger charge is 2.15. The van der Waals surface area contributed by atoms with Gasteiger partial charge in [-0.1, -0.05) is 15.9 Å². The molecule has 0 aliphatic rings. The third kappa shape index (κ3) is 7.07. The summed E-state index contributed by atoms with van der Waals surface area (Å²) in [5.74, 6) is 0. The minimum absolute atomic E-state index is 0.0830. The van der Waals surface area contributed by atoms with Crippen molar-refractivity contribution in [2.24, 2.45) is 0 Å². The first-order chi connectivity index (χ1) is 5.48. The minimum Gasteiger partial charge on any atom is -0.376 e. The summed E-state index contributed by atoms with van der Waals surface area (Å²) in [4.78, 5) is 0. The van der Waals surface area contributed by atoms with Crippen LogP contribution in [0.3, 0.4) is 0 Å². The number of hydrogen-bond acceptors (Lipinski definition) is 2. The lowest BCUT2D eigenvalue weighted by Gasteiger charge is -2.22. The van der Waals surface area contributed by atoms with Crippen molar-refractivity contribution in [1.82, 2.24) is 0 Å². The van der Waals surface area contributed by atoms with E-state index in [4.69, 9.17) is 9.47 Å². The van der Waals surface area contributed by atoms with Gasteiger partial charge in [0.05, 0.1) is 24.9 Å². The van der Waals surface area contributed by atoms with Crippen LogP contribution in [0.25, 0.3) is 0 Å².